The van der Waals surface area contributed by atoms with Crippen molar-refractivity contribution in [3.8, 4) is 11.5 Å². The number of carbonyl (C=O) groups is 1. The summed E-state index contributed by atoms with van der Waals surface area (Å²) >= 11 is 0. The van der Waals surface area contributed by atoms with Gasteiger partial charge in [0.05, 0.1) is 5.56 Å². The molecule has 0 spiro atoms. The number of para-hydroxylation sites is 1. The normalized spacial score (nSPS) is 11.2. The zero-order valence-electron chi connectivity index (χ0n) is 11.7. The van der Waals surface area contributed by atoms with Crippen LogP contribution in [0.3, 0.4) is 0 Å². The van der Waals surface area contributed by atoms with Gasteiger partial charge in [0.15, 0.2) is 0 Å². The Morgan fingerprint density at radius 2 is 1.95 bits per heavy atom. The van der Waals surface area contributed by atoms with E-state index in [-0.39, 0.29) is 32.1 Å². The molecular weight excluding hydrogens is 318 g/mol. The molecule has 2 aromatic rings. The molecule has 0 atom stereocenters. The average molecular weight is 332 g/mol. The first-order valence-corrected chi connectivity index (χ1v) is 6.45. The van der Waals surface area contributed by atoms with Crippen LogP contribution in [0.25, 0.3) is 0 Å². The van der Waals surface area contributed by atoms with Gasteiger partial charge in [-0.15, -0.1) is 0 Å². The van der Waals surface area contributed by atoms with Gasteiger partial charge >= 0.3 is 5.97 Å². The molecule has 3 nitrogen and oxygen atoms in total. The molecule has 0 N–H and O–H groups in total. The Balaban J connectivity index is 0.00000161. The maximum absolute atomic E-state index is 12.1. The zero-order valence-corrected chi connectivity index (χ0v) is 14.6. The minimum absolute atomic E-state index is 0. The minimum atomic E-state index is -0.343. The second kappa shape index (κ2) is 6.68. The van der Waals surface area contributed by atoms with Gasteiger partial charge in [-0.25, -0.2) is 4.79 Å². The molecule has 0 fully saturated rings. The monoisotopic (exact) mass is 330 g/mol. The molecule has 1 aliphatic heterocycles. The number of carbonyl (C=O) groups excluding carboxylic acids is 1. The molecule has 1 heterocycles. The van der Waals surface area contributed by atoms with Crippen LogP contribution in [0.2, 0.25) is 0 Å². The van der Waals surface area contributed by atoms with E-state index in [9.17, 15) is 4.79 Å². The van der Waals surface area contributed by atoms with Gasteiger partial charge in [-0.1, -0.05) is 36.9 Å². The molecule has 0 unspecified atom stereocenters. The predicted octanol–water partition coefficient (Wildman–Crippen LogP) is 3.72. The molecule has 0 bridgehead atoms. The maximum Gasteiger partial charge on any atom is 0.338 e. The summed E-state index contributed by atoms with van der Waals surface area (Å²) in [6.45, 7) is 3.75. The van der Waals surface area contributed by atoms with Crippen LogP contribution in [0.15, 0.2) is 55.1 Å². The summed E-state index contributed by atoms with van der Waals surface area (Å²) in [5, 5.41) is 0. The number of esters is 1. The third-order valence-electron chi connectivity index (χ3n) is 3.24. The maximum atomic E-state index is 12.1. The molecule has 0 radical (unpaired) electrons. The Bertz CT molecular complexity index is 679. The van der Waals surface area contributed by atoms with E-state index in [1.54, 1.807) is 18.2 Å². The molecule has 102 valence electrons. The summed E-state index contributed by atoms with van der Waals surface area (Å²) in [4.78, 5) is 12.1. The number of benzene rings is 2. The van der Waals surface area contributed by atoms with Crippen molar-refractivity contribution in [2.24, 2.45) is 0 Å². The van der Waals surface area contributed by atoms with E-state index in [0.29, 0.717) is 12.0 Å². The molecule has 0 aromatic heterocycles. The van der Waals surface area contributed by atoms with Gasteiger partial charge in [0, 0.05) is 31.5 Å². The predicted molar refractivity (Wildman–Crippen MR) is 76.2 cm³/mol. The zero-order chi connectivity index (χ0) is 13.9. The number of hydrogen-bond donors (Lipinski definition) is 0. The van der Waals surface area contributed by atoms with E-state index in [1.165, 1.54) is 0 Å². The largest absolute Gasteiger partial charge is 0.458 e. The topological polar surface area (TPSA) is 35.5 Å². The van der Waals surface area contributed by atoms with Crippen LogP contribution in [-0.4, -0.2) is 12.6 Å². The first-order chi connectivity index (χ1) is 9.79. The fraction of sp³-hybridized carbons (Fsp3) is 0.118. The van der Waals surface area contributed by atoms with Crippen molar-refractivity contribution in [1.82, 2.24) is 0 Å². The van der Waals surface area contributed by atoms with Crippen LogP contribution in [0.1, 0.15) is 21.5 Å². The van der Waals surface area contributed by atoms with Crippen LogP contribution >= 0.6 is 0 Å². The second-order valence-corrected chi connectivity index (χ2v) is 4.56. The third-order valence-corrected chi connectivity index (χ3v) is 3.24. The van der Waals surface area contributed by atoms with Crippen molar-refractivity contribution >= 4 is 5.97 Å². The Hall–Kier alpha value is -1.93. The minimum Gasteiger partial charge on any atom is -0.458 e. The van der Waals surface area contributed by atoms with Crippen LogP contribution in [0, 0.1) is 0 Å². The molecule has 0 amide bonds. The van der Waals surface area contributed by atoms with E-state index in [0.717, 1.165) is 22.6 Å². The van der Waals surface area contributed by atoms with Crippen molar-refractivity contribution in [1.29, 1.82) is 0 Å². The van der Waals surface area contributed by atoms with Gasteiger partial charge in [0.2, 0.25) is 0 Å². The fourth-order valence-corrected chi connectivity index (χ4v) is 2.31. The first-order valence-electron chi connectivity index (χ1n) is 6.45. The van der Waals surface area contributed by atoms with Gasteiger partial charge in [0.1, 0.15) is 18.1 Å². The van der Waals surface area contributed by atoms with Gasteiger partial charge in [-0.3, -0.25) is 0 Å². The molecule has 21 heavy (non-hydrogen) atoms. The molecular formula is C17H14O3Zn. The van der Waals surface area contributed by atoms with Crippen LogP contribution in [0.5, 0.6) is 11.5 Å². The second-order valence-electron chi connectivity index (χ2n) is 4.56. The summed E-state index contributed by atoms with van der Waals surface area (Å²) in [6, 6.07) is 13.3. The number of ether oxygens (including phenoxy) is 2. The van der Waals surface area contributed by atoms with E-state index < -0.39 is 0 Å². The van der Waals surface area contributed by atoms with Gasteiger partial charge in [-0.05, 0) is 23.8 Å². The molecule has 1 aliphatic rings. The standard InChI is InChI=1S/C17H14O3.Zn/c1-2-10-19-17(18)13-7-5-9-16-14(13)11-12-6-3-4-8-15(12)20-16;/h2-9H,1,10-11H2;. The Kier molecular flexibility index (Phi) is 4.92. The third kappa shape index (κ3) is 3.06. The SMILES string of the molecule is C=CCOC(=O)c1cccc2c1Cc1ccccc1O2.[Zn]. The van der Waals surface area contributed by atoms with Crippen LogP contribution in [-0.2, 0) is 30.6 Å². The van der Waals surface area contributed by atoms with Gasteiger partial charge in [0.25, 0.3) is 0 Å². The summed E-state index contributed by atoms with van der Waals surface area (Å²) < 4.78 is 11.0. The summed E-state index contributed by atoms with van der Waals surface area (Å²) in [5.74, 6) is 1.22. The fourth-order valence-electron chi connectivity index (χ4n) is 2.31. The quantitative estimate of drug-likeness (QED) is 0.417. The van der Waals surface area contributed by atoms with E-state index in [4.69, 9.17) is 9.47 Å². The Morgan fingerprint density at radius 3 is 2.76 bits per heavy atom. The van der Waals surface area contributed by atoms with Crippen molar-refractivity contribution in [2.75, 3.05) is 6.61 Å². The van der Waals surface area contributed by atoms with E-state index >= 15 is 0 Å². The van der Waals surface area contributed by atoms with Crippen molar-refractivity contribution in [3.63, 3.8) is 0 Å². The van der Waals surface area contributed by atoms with E-state index in [1.807, 2.05) is 30.3 Å². The van der Waals surface area contributed by atoms with Crippen molar-refractivity contribution in [2.45, 2.75) is 6.42 Å². The van der Waals surface area contributed by atoms with Crippen molar-refractivity contribution in [3.05, 3.63) is 71.8 Å². The average Bonchev–Trinajstić information content (AvgIpc) is 2.50. The molecule has 3 rings (SSSR count). The number of hydrogen-bond acceptors (Lipinski definition) is 3. The molecule has 2 aromatic carbocycles. The number of fused-ring (bicyclic) bond motifs is 2. The van der Waals surface area contributed by atoms with Crippen molar-refractivity contribution < 1.29 is 33.7 Å². The van der Waals surface area contributed by atoms with Crippen LogP contribution in [0.4, 0.5) is 0 Å². The summed E-state index contributed by atoms with van der Waals surface area (Å²) in [6.07, 6.45) is 2.23. The smallest absolute Gasteiger partial charge is 0.338 e. The van der Waals surface area contributed by atoms with Gasteiger partial charge in [-0.2, -0.15) is 0 Å². The Morgan fingerprint density at radius 1 is 1.19 bits per heavy atom. The molecule has 0 aliphatic carbocycles. The first kappa shape index (κ1) is 15.5. The molecule has 0 saturated heterocycles. The summed E-state index contributed by atoms with van der Waals surface area (Å²) in [5.41, 5.74) is 2.50. The van der Waals surface area contributed by atoms with Gasteiger partial charge < -0.3 is 9.47 Å². The molecule has 0 saturated carbocycles. The number of rotatable bonds is 3. The Labute approximate surface area is 136 Å². The van der Waals surface area contributed by atoms with Crippen LogP contribution < -0.4 is 4.74 Å². The summed E-state index contributed by atoms with van der Waals surface area (Å²) in [7, 11) is 0. The van der Waals surface area contributed by atoms with E-state index in [2.05, 4.69) is 6.58 Å². The molecule has 4 heteroatoms.